The predicted molar refractivity (Wildman–Crippen MR) is 66.2 cm³/mol. The summed E-state index contributed by atoms with van der Waals surface area (Å²) >= 11 is 6.05. The van der Waals surface area contributed by atoms with E-state index < -0.39 is 0 Å². The van der Waals surface area contributed by atoms with Gasteiger partial charge in [-0.2, -0.15) is 0 Å². The number of ketones is 1. The number of hydrogen-bond donors (Lipinski definition) is 0. The molecule has 16 heavy (non-hydrogen) atoms. The van der Waals surface area contributed by atoms with Gasteiger partial charge in [0.15, 0.2) is 5.78 Å². The number of pyridine rings is 1. The Morgan fingerprint density at radius 1 is 1.31 bits per heavy atom. The summed E-state index contributed by atoms with van der Waals surface area (Å²) < 4.78 is 0. The summed E-state index contributed by atoms with van der Waals surface area (Å²) in [6.07, 6.45) is 0. The van der Waals surface area contributed by atoms with E-state index in [4.69, 9.17) is 11.6 Å². The topological polar surface area (TPSA) is 30.0 Å². The Hall–Kier alpha value is -1.41. The SMILES string of the molecule is CC(=O)c1cc(C)c2ccc(Cl)c(C)c2n1. The number of rotatable bonds is 1. The van der Waals surface area contributed by atoms with Gasteiger partial charge in [0.1, 0.15) is 5.69 Å². The summed E-state index contributed by atoms with van der Waals surface area (Å²) in [6.45, 7) is 5.41. The molecule has 0 bridgehead atoms. The average molecular weight is 234 g/mol. The molecule has 0 saturated heterocycles. The Kier molecular flexibility index (Phi) is 2.68. The number of aromatic nitrogens is 1. The molecule has 0 fully saturated rings. The second-order valence-corrected chi connectivity index (χ2v) is 4.36. The van der Waals surface area contributed by atoms with Crippen LogP contribution >= 0.6 is 11.6 Å². The highest BCUT2D eigenvalue weighted by molar-refractivity contribution is 6.32. The summed E-state index contributed by atoms with van der Waals surface area (Å²) in [4.78, 5) is 15.7. The number of carbonyl (C=O) groups excluding carboxylic acids is 1. The van der Waals surface area contributed by atoms with Crippen molar-refractivity contribution in [3.8, 4) is 0 Å². The number of Topliss-reactive ketones (excluding diaryl/α,β-unsaturated/α-hetero) is 1. The summed E-state index contributed by atoms with van der Waals surface area (Å²) in [6, 6.07) is 5.62. The van der Waals surface area contributed by atoms with E-state index in [0.717, 1.165) is 22.0 Å². The van der Waals surface area contributed by atoms with Crippen molar-refractivity contribution in [2.45, 2.75) is 20.8 Å². The summed E-state index contributed by atoms with van der Waals surface area (Å²) in [5, 5.41) is 1.73. The molecule has 0 saturated carbocycles. The van der Waals surface area contributed by atoms with E-state index in [2.05, 4.69) is 4.98 Å². The van der Waals surface area contributed by atoms with Gasteiger partial charge in [0.05, 0.1) is 5.52 Å². The van der Waals surface area contributed by atoms with Crippen molar-refractivity contribution in [3.63, 3.8) is 0 Å². The first-order chi connectivity index (χ1) is 7.50. The van der Waals surface area contributed by atoms with Crippen molar-refractivity contribution in [1.29, 1.82) is 0 Å². The summed E-state index contributed by atoms with van der Waals surface area (Å²) in [5.74, 6) is -0.0237. The molecule has 0 N–H and O–H groups in total. The lowest BCUT2D eigenvalue weighted by Gasteiger charge is -2.08. The molecule has 1 aromatic heterocycles. The van der Waals surface area contributed by atoms with E-state index in [-0.39, 0.29) is 5.78 Å². The van der Waals surface area contributed by atoms with Gasteiger partial charge in [-0.05, 0) is 37.1 Å². The maximum absolute atomic E-state index is 11.3. The number of fused-ring (bicyclic) bond motifs is 1. The molecular formula is C13H12ClNO. The van der Waals surface area contributed by atoms with Crippen LogP contribution in [0.5, 0.6) is 0 Å². The molecule has 2 aromatic rings. The normalized spacial score (nSPS) is 10.8. The monoisotopic (exact) mass is 233 g/mol. The molecule has 0 amide bonds. The fraction of sp³-hybridized carbons (Fsp3) is 0.231. The molecule has 0 radical (unpaired) electrons. The number of benzene rings is 1. The highest BCUT2D eigenvalue weighted by atomic mass is 35.5. The molecule has 1 heterocycles. The van der Waals surface area contributed by atoms with Crippen LogP contribution in [0.3, 0.4) is 0 Å². The lowest BCUT2D eigenvalue weighted by molar-refractivity contribution is 0.101. The Balaban J connectivity index is 2.88. The van der Waals surface area contributed by atoms with Crippen molar-refractivity contribution in [3.05, 3.63) is 40.0 Å². The van der Waals surface area contributed by atoms with Crippen LogP contribution in [-0.2, 0) is 0 Å². The third-order valence-electron chi connectivity index (χ3n) is 2.74. The minimum absolute atomic E-state index is 0.0237. The van der Waals surface area contributed by atoms with Crippen LogP contribution in [0.4, 0.5) is 0 Å². The first kappa shape index (κ1) is 11.1. The minimum Gasteiger partial charge on any atom is -0.293 e. The van der Waals surface area contributed by atoms with Gasteiger partial charge in [-0.1, -0.05) is 17.7 Å². The highest BCUT2D eigenvalue weighted by Crippen LogP contribution is 2.26. The third kappa shape index (κ3) is 1.69. The largest absolute Gasteiger partial charge is 0.293 e. The number of hydrogen-bond acceptors (Lipinski definition) is 2. The maximum atomic E-state index is 11.3. The smallest absolute Gasteiger partial charge is 0.178 e. The quantitative estimate of drug-likeness (QED) is 0.703. The molecule has 0 spiro atoms. The molecule has 0 aliphatic carbocycles. The van der Waals surface area contributed by atoms with E-state index in [9.17, 15) is 4.79 Å². The first-order valence-electron chi connectivity index (χ1n) is 5.08. The lowest BCUT2D eigenvalue weighted by atomic mass is 10.0. The first-order valence-corrected chi connectivity index (χ1v) is 5.46. The number of aryl methyl sites for hydroxylation is 2. The van der Waals surface area contributed by atoms with Gasteiger partial charge in [0, 0.05) is 17.3 Å². The van der Waals surface area contributed by atoms with Crippen LogP contribution in [-0.4, -0.2) is 10.8 Å². The van der Waals surface area contributed by atoms with Crippen molar-refractivity contribution in [2.24, 2.45) is 0 Å². The third-order valence-corrected chi connectivity index (χ3v) is 3.15. The predicted octanol–water partition coefficient (Wildman–Crippen LogP) is 3.71. The Morgan fingerprint density at radius 2 is 2.00 bits per heavy atom. The zero-order valence-corrected chi connectivity index (χ0v) is 10.2. The van der Waals surface area contributed by atoms with Crippen molar-refractivity contribution < 1.29 is 4.79 Å². The zero-order valence-electron chi connectivity index (χ0n) is 9.47. The standard InChI is InChI=1S/C13H12ClNO/c1-7-6-12(9(3)16)15-13-8(2)11(14)5-4-10(7)13/h4-6H,1-3H3. The summed E-state index contributed by atoms with van der Waals surface area (Å²) in [7, 11) is 0. The van der Waals surface area contributed by atoms with Gasteiger partial charge < -0.3 is 0 Å². The summed E-state index contributed by atoms with van der Waals surface area (Å²) in [5.41, 5.74) is 3.29. The number of nitrogens with zero attached hydrogens (tertiary/aromatic N) is 1. The van der Waals surface area contributed by atoms with Crippen LogP contribution in [0.25, 0.3) is 10.9 Å². The second-order valence-electron chi connectivity index (χ2n) is 3.95. The number of halogens is 1. The maximum Gasteiger partial charge on any atom is 0.178 e. The van der Waals surface area contributed by atoms with Crippen molar-refractivity contribution in [2.75, 3.05) is 0 Å². The fourth-order valence-electron chi connectivity index (χ4n) is 1.75. The molecule has 3 heteroatoms. The van der Waals surface area contributed by atoms with Crippen LogP contribution in [0.2, 0.25) is 5.02 Å². The Bertz CT molecular complexity index is 590. The van der Waals surface area contributed by atoms with E-state index in [1.807, 2.05) is 32.0 Å². The van der Waals surface area contributed by atoms with Gasteiger partial charge in [0.2, 0.25) is 0 Å². The van der Waals surface area contributed by atoms with Crippen LogP contribution in [0.1, 0.15) is 28.5 Å². The van der Waals surface area contributed by atoms with E-state index in [0.29, 0.717) is 10.7 Å². The number of carbonyl (C=O) groups is 1. The zero-order chi connectivity index (χ0) is 11.9. The molecule has 0 aliphatic heterocycles. The van der Waals surface area contributed by atoms with Crippen molar-refractivity contribution >= 4 is 28.3 Å². The second kappa shape index (κ2) is 3.87. The van der Waals surface area contributed by atoms with E-state index in [1.165, 1.54) is 6.92 Å². The van der Waals surface area contributed by atoms with E-state index in [1.54, 1.807) is 0 Å². The van der Waals surface area contributed by atoms with E-state index >= 15 is 0 Å². The van der Waals surface area contributed by atoms with Gasteiger partial charge in [-0.25, -0.2) is 4.98 Å². The molecule has 2 rings (SSSR count). The molecule has 0 aliphatic rings. The lowest BCUT2D eigenvalue weighted by Crippen LogP contribution is -1.99. The Labute approximate surface area is 99.3 Å². The Morgan fingerprint density at radius 3 is 2.62 bits per heavy atom. The van der Waals surface area contributed by atoms with Crippen LogP contribution in [0.15, 0.2) is 18.2 Å². The van der Waals surface area contributed by atoms with Gasteiger partial charge in [-0.3, -0.25) is 4.79 Å². The van der Waals surface area contributed by atoms with Gasteiger partial charge in [0.25, 0.3) is 0 Å². The van der Waals surface area contributed by atoms with Crippen LogP contribution in [0, 0.1) is 13.8 Å². The molecule has 1 aromatic carbocycles. The fourth-order valence-corrected chi connectivity index (χ4v) is 1.91. The highest BCUT2D eigenvalue weighted by Gasteiger charge is 2.09. The van der Waals surface area contributed by atoms with Crippen molar-refractivity contribution in [1.82, 2.24) is 4.98 Å². The molecule has 0 atom stereocenters. The molecule has 82 valence electrons. The van der Waals surface area contributed by atoms with Gasteiger partial charge in [-0.15, -0.1) is 0 Å². The minimum atomic E-state index is -0.0237. The average Bonchev–Trinajstić information content (AvgIpc) is 2.23. The molecule has 0 unspecified atom stereocenters. The van der Waals surface area contributed by atoms with Crippen LogP contribution < -0.4 is 0 Å². The molecular weight excluding hydrogens is 222 g/mol. The molecule has 2 nitrogen and oxygen atoms in total. The van der Waals surface area contributed by atoms with Gasteiger partial charge >= 0.3 is 0 Å².